The van der Waals surface area contributed by atoms with E-state index >= 15 is 0 Å². The second-order valence-electron chi connectivity index (χ2n) is 5.63. The van der Waals surface area contributed by atoms with Crippen molar-refractivity contribution < 1.29 is 4.79 Å². The van der Waals surface area contributed by atoms with E-state index in [1.165, 1.54) is 0 Å². The Labute approximate surface area is 162 Å². The lowest BCUT2D eigenvalue weighted by Gasteiger charge is -2.09. The fourth-order valence-electron chi connectivity index (χ4n) is 2.38. The molecule has 0 aliphatic carbocycles. The first-order valence-corrected chi connectivity index (χ1v) is 9.58. The number of halogens is 1. The molecule has 0 radical (unpaired) electrons. The van der Waals surface area contributed by atoms with E-state index in [0.29, 0.717) is 17.1 Å². The van der Waals surface area contributed by atoms with Gasteiger partial charge in [0, 0.05) is 35.9 Å². The first kappa shape index (κ1) is 18.4. The molecule has 0 unspecified atom stereocenters. The molecule has 0 aliphatic heterocycles. The number of carbonyl (C=O) groups excluding carboxylic acids is 1. The summed E-state index contributed by atoms with van der Waals surface area (Å²) in [6.07, 6.45) is 5.99. The maximum absolute atomic E-state index is 12.5. The molecule has 0 aliphatic rings. The van der Waals surface area contributed by atoms with Crippen molar-refractivity contribution in [3.8, 4) is 0 Å². The van der Waals surface area contributed by atoms with Gasteiger partial charge in [-0.05, 0) is 53.9 Å². The molecular weight excluding hydrogens is 366 g/mol. The van der Waals surface area contributed by atoms with Gasteiger partial charge in [-0.2, -0.15) is 0 Å². The van der Waals surface area contributed by atoms with Crippen LogP contribution in [0.4, 0.5) is 0 Å². The minimum absolute atomic E-state index is 0.107. The monoisotopic (exact) mass is 383 g/mol. The Morgan fingerprint density at radius 1 is 1.00 bits per heavy atom. The van der Waals surface area contributed by atoms with Crippen molar-refractivity contribution in [2.45, 2.75) is 17.2 Å². The fourth-order valence-corrected chi connectivity index (χ4v) is 3.45. The molecule has 6 heteroatoms. The van der Waals surface area contributed by atoms with Gasteiger partial charge in [0.25, 0.3) is 5.91 Å². The number of benzene rings is 1. The SMILES string of the molecule is O=C(NCCc1ccc(Cl)cc1)c1cccnc1SCc1ccncc1. The highest BCUT2D eigenvalue weighted by atomic mass is 35.5. The summed E-state index contributed by atoms with van der Waals surface area (Å²) in [5, 5.41) is 4.41. The van der Waals surface area contributed by atoms with Gasteiger partial charge in [-0.1, -0.05) is 23.7 Å². The van der Waals surface area contributed by atoms with E-state index in [1.54, 1.807) is 42.5 Å². The van der Waals surface area contributed by atoms with Crippen LogP contribution < -0.4 is 5.32 Å². The lowest BCUT2D eigenvalue weighted by molar-refractivity contribution is 0.0950. The van der Waals surface area contributed by atoms with E-state index in [4.69, 9.17) is 11.6 Å². The average molecular weight is 384 g/mol. The van der Waals surface area contributed by atoms with Crippen molar-refractivity contribution in [3.63, 3.8) is 0 Å². The molecule has 1 amide bonds. The number of amides is 1. The van der Waals surface area contributed by atoms with E-state index in [-0.39, 0.29) is 5.91 Å². The number of thioether (sulfide) groups is 1. The van der Waals surface area contributed by atoms with E-state index in [0.717, 1.165) is 28.3 Å². The Hall–Kier alpha value is -2.37. The van der Waals surface area contributed by atoms with Gasteiger partial charge >= 0.3 is 0 Å². The number of pyridine rings is 2. The molecule has 2 heterocycles. The topological polar surface area (TPSA) is 54.9 Å². The van der Waals surface area contributed by atoms with Crippen LogP contribution in [0, 0.1) is 0 Å². The number of hydrogen-bond donors (Lipinski definition) is 1. The molecule has 26 heavy (non-hydrogen) atoms. The molecule has 0 atom stereocenters. The van der Waals surface area contributed by atoms with Gasteiger partial charge in [0.1, 0.15) is 5.03 Å². The van der Waals surface area contributed by atoms with Gasteiger partial charge in [0.15, 0.2) is 0 Å². The van der Waals surface area contributed by atoms with Crippen molar-refractivity contribution in [2.24, 2.45) is 0 Å². The van der Waals surface area contributed by atoms with E-state index in [9.17, 15) is 4.79 Å². The minimum atomic E-state index is -0.107. The molecule has 0 bridgehead atoms. The van der Waals surface area contributed by atoms with Crippen LogP contribution in [0.3, 0.4) is 0 Å². The highest BCUT2D eigenvalue weighted by molar-refractivity contribution is 7.98. The van der Waals surface area contributed by atoms with Crippen LogP contribution >= 0.6 is 23.4 Å². The first-order chi connectivity index (χ1) is 12.7. The molecular formula is C20H18ClN3OS. The van der Waals surface area contributed by atoms with Crippen LogP contribution in [-0.4, -0.2) is 22.4 Å². The molecule has 0 fully saturated rings. The van der Waals surface area contributed by atoms with Crippen molar-refractivity contribution in [1.29, 1.82) is 0 Å². The highest BCUT2D eigenvalue weighted by Crippen LogP contribution is 2.23. The number of hydrogen-bond acceptors (Lipinski definition) is 4. The van der Waals surface area contributed by atoms with Crippen LogP contribution in [0.1, 0.15) is 21.5 Å². The predicted octanol–water partition coefficient (Wildman–Crippen LogP) is 4.39. The third-order valence-electron chi connectivity index (χ3n) is 3.75. The molecule has 0 saturated heterocycles. The van der Waals surface area contributed by atoms with Gasteiger partial charge in [-0.25, -0.2) is 4.98 Å². The summed E-state index contributed by atoms with van der Waals surface area (Å²) in [5.41, 5.74) is 2.88. The van der Waals surface area contributed by atoms with Crippen LogP contribution in [0.2, 0.25) is 5.02 Å². The van der Waals surface area contributed by atoms with Gasteiger partial charge < -0.3 is 5.32 Å². The van der Waals surface area contributed by atoms with Crippen molar-refractivity contribution in [2.75, 3.05) is 6.54 Å². The molecule has 2 aromatic heterocycles. The fraction of sp³-hybridized carbons (Fsp3) is 0.150. The van der Waals surface area contributed by atoms with Crippen LogP contribution in [0.5, 0.6) is 0 Å². The quantitative estimate of drug-likeness (QED) is 0.614. The summed E-state index contributed by atoms with van der Waals surface area (Å²) in [6, 6.07) is 15.2. The molecule has 1 N–H and O–H groups in total. The van der Waals surface area contributed by atoms with Gasteiger partial charge in [0.05, 0.1) is 5.56 Å². The molecule has 1 aromatic carbocycles. The lowest BCUT2D eigenvalue weighted by atomic mass is 10.1. The van der Waals surface area contributed by atoms with E-state index < -0.39 is 0 Å². The zero-order valence-corrected chi connectivity index (χ0v) is 15.6. The molecule has 3 rings (SSSR count). The summed E-state index contributed by atoms with van der Waals surface area (Å²) < 4.78 is 0. The summed E-state index contributed by atoms with van der Waals surface area (Å²) in [7, 11) is 0. The Balaban J connectivity index is 1.57. The van der Waals surface area contributed by atoms with Crippen molar-refractivity contribution in [1.82, 2.24) is 15.3 Å². The van der Waals surface area contributed by atoms with E-state index in [1.807, 2.05) is 36.4 Å². The van der Waals surface area contributed by atoms with Gasteiger partial charge in [-0.15, -0.1) is 11.8 Å². The number of nitrogens with zero attached hydrogens (tertiary/aromatic N) is 2. The van der Waals surface area contributed by atoms with Crippen LogP contribution in [-0.2, 0) is 12.2 Å². The smallest absolute Gasteiger partial charge is 0.254 e. The van der Waals surface area contributed by atoms with Crippen LogP contribution in [0.25, 0.3) is 0 Å². The first-order valence-electron chi connectivity index (χ1n) is 8.22. The zero-order valence-electron chi connectivity index (χ0n) is 14.1. The van der Waals surface area contributed by atoms with Crippen molar-refractivity contribution in [3.05, 3.63) is 88.8 Å². The summed E-state index contributed by atoms with van der Waals surface area (Å²) >= 11 is 7.43. The Morgan fingerprint density at radius 2 is 1.77 bits per heavy atom. The normalized spacial score (nSPS) is 10.5. The third-order valence-corrected chi connectivity index (χ3v) is 5.08. The standard InChI is InChI=1S/C20H18ClN3OS/c21-17-5-3-15(4-6-17)9-13-23-19(25)18-2-1-10-24-20(18)26-14-16-7-11-22-12-8-16/h1-8,10-12H,9,13-14H2,(H,23,25). The summed E-state index contributed by atoms with van der Waals surface area (Å²) in [5.74, 6) is 0.634. The maximum atomic E-state index is 12.5. The minimum Gasteiger partial charge on any atom is -0.352 e. The lowest BCUT2D eigenvalue weighted by Crippen LogP contribution is -2.26. The number of aromatic nitrogens is 2. The Morgan fingerprint density at radius 3 is 2.54 bits per heavy atom. The molecule has 132 valence electrons. The second-order valence-corrected chi connectivity index (χ2v) is 7.03. The zero-order chi connectivity index (χ0) is 18.2. The molecule has 4 nitrogen and oxygen atoms in total. The molecule has 3 aromatic rings. The third kappa shape index (κ3) is 5.31. The van der Waals surface area contributed by atoms with E-state index in [2.05, 4.69) is 15.3 Å². The second kappa shape index (κ2) is 9.36. The Bertz CT molecular complexity index is 856. The summed E-state index contributed by atoms with van der Waals surface area (Å²) in [6.45, 7) is 0.559. The number of nitrogens with one attached hydrogen (secondary N) is 1. The molecule has 0 spiro atoms. The molecule has 0 saturated carbocycles. The Kier molecular flexibility index (Phi) is 6.63. The largest absolute Gasteiger partial charge is 0.352 e. The number of rotatable bonds is 7. The average Bonchev–Trinajstić information content (AvgIpc) is 2.69. The maximum Gasteiger partial charge on any atom is 0.254 e. The highest BCUT2D eigenvalue weighted by Gasteiger charge is 2.12. The number of carbonyl (C=O) groups is 1. The van der Waals surface area contributed by atoms with Gasteiger partial charge in [-0.3, -0.25) is 9.78 Å². The predicted molar refractivity (Wildman–Crippen MR) is 106 cm³/mol. The van der Waals surface area contributed by atoms with Crippen LogP contribution in [0.15, 0.2) is 72.1 Å². The van der Waals surface area contributed by atoms with Crippen molar-refractivity contribution >= 4 is 29.3 Å². The summed E-state index contributed by atoms with van der Waals surface area (Å²) in [4.78, 5) is 20.9. The van der Waals surface area contributed by atoms with Gasteiger partial charge in [0.2, 0.25) is 0 Å².